The number of hydrogen-bond acceptors (Lipinski definition) is 3. The summed E-state index contributed by atoms with van der Waals surface area (Å²) in [5.41, 5.74) is -0.0350. The molecule has 0 fully saturated rings. The lowest BCUT2D eigenvalue weighted by atomic mass is 10.3. The number of anilines is 1. The maximum Gasteiger partial charge on any atom is 0.405 e. The fraction of sp³-hybridized carbons (Fsp3) is 0.250. The second-order valence-corrected chi connectivity index (χ2v) is 3.07. The van der Waals surface area contributed by atoms with Crippen LogP contribution in [0.5, 0.6) is 0 Å². The van der Waals surface area contributed by atoms with Crippen LogP contribution in [0.2, 0.25) is 5.02 Å². The number of halogens is 4. The van der Waals surface area contributed by atoms with Crippen molar-refractivity contribution < 1.29 is 13.2 Å². The van der Waals surface area contributed by atoms with Crippen LogP contribution in [0.25, 0.3) is 0 Å². The Bertz CT molecular complexity index is 397. The van der Waals surface area contributed by atoms with Gasteiger partial charge in [-0.25, -0.2) is 4.98 Å². The van der Waals surface area contributed by atoms with Gasteiger partial charge in [-0.3, -0.25) is 0 Å². The molecule has 7 heteroatoms. The summed E-state index contributed by atoms with van der Waals surface area (Å²) in [7, 11) is 0. The number of pyridine rings is 1. The molecule has 3 nitrogen and oxygen atoms in total. The van der Waals surface area contributed by atoms with Crippen LogP contribution < -0.4 is 5.32 Å². The molecule has 0 aliphatic heterocycles. The molecule has 0 atom stereocenters. The van der Waals surface area contributed by atoms with Gasteiger partial charge in [-0.1, -0.05) is 11.6 Å². The Kier molecular flexibility index (Phi) is 3.37. The Hall–Kier alpha value is -1.48. The average molecular weight is 236 g/mol. The van der Waals surface area contributed by atoms with Crippen LogP contribution in [0.15, 0.2) is 12.1 Å². The minimum Gasteiger partial charge on any atom is -0.361 e. The van der Waals surface area contributed by atoms with Crippen molar-refractivity contribution in [1.29, 1.82) is 5.26 Å². The SMILES string of the molecule is N#Cc1cc(Cl)cc(NCC(F)(F)F)n1. The first-order valence-electron chi connectivity index (χ1n) is 3.79. The molecule has 0 bridgehead atoms. The fourth-order valence-corrected chi connectivity index (χ4v) is 1.04. The summed E-state index contributed by atoms with van der Waals surface area (Å²) >= 11 is 5.57. The van der Waals surface area contributed by atoms with E-state index in [4.69, 9.17) is 16.9 Å². The molecule has 0 spiro atoms. The summed E-state index contributed by atoms with van der Waals surface area (Å²) in [6, 6.07) is 4.17. The monoisotopic (exact) mass is 235 g/mol. The second kappa shape index (κ2) is 4.36. The highest BCUT2D eigenvalue weighted by atomic mass is 35.5. The molecule has 0 aliphatic rings. The van der Waals surface area contributed by atoms with Crippen molar-refractivity contribution in [1.82, 2.24) is 4.98 Å². The number of alkyl halides is 3. The lowest BCUT2D eigenvalue weighted by molar-refractivity contribution is -0.115. The third-order valence-corrected chi connectivity index (χ3v) is 1.59. The van der Waals surface area contributed by atoms with Crippen molar-refractivity contribution in [3.63, 3.8) is 0 Å². The molecule has 1 rings (SSSR count). The van der Waals surface area contributed by atoms with Gasteiger partial charge < -0.3 is 5.32 Å². The van der Waals surface area contributed by atoms with E-state index >= 15 is 0 Å². The van der Waals surface area contributed by atoms with E-state index in [-0.39, 0.29) is 16.5 Å². The molecule has 1 aromatic rings. The molecule has 80 valence electrons. The Labute approximate surface area is 88.5 Å². The first-order chi connectivity index (χ1) is 6.90. The lowest BCUT2D eigenvalue weighted by Crippen LogP contribution is -2.21. The van der Waals surface area contributed by atoms with Gasteiger partial charge in [-0.15, -0.1) is 0 Å². The van der Waals surface area contributed by atoms with Gasteiger partial charge in [0.2, 0.25) is 0 Å². The predicted octanol–water partition coefficient (Wildman–Crippen LogP) is 2.58. The van der Waals surface area contributed by atoms with Crippen LogP contribution in [-0.2, 0) is 0 Å². The van der Waals surface area contributed by atoms with E-state index in [1.807, 2.05) is 5.32 Å². The minimum absolute atomic E-state index is 0.0350. The largest absolute Gasteiger partial charge is 0.405 e. The highest BCUT2D eigenvalue weighted by Gasteiger charge is 2.26. The zero-order valence-electron chi connectivity index (χ0n) is 7.27. The Morgan fingerprint density at radius 2 is 2.13 bits per heavy atom. The van der Waals surface area contributed by atoms with Crippen molar-refractivity contribution in [2.24, 2.45) is 0 Å². The number of nitriles is 1. The summed E-state index contributed by atoms with van der Waals surface area (Å²) in [6.45, 7) is -1.22. The smallest absolute Gasteiger partial charge is 0.361 e. The molecule has 1 N–H and O–H groups in total. The zero-order chi connectivity index (χ0) is 11.5. The third kappa shape index (κ3) is 4.04. The van der Waals surface area contributed by atoms with Crippen LogP contribution in [-0.4, -0.2) is 17.7 Å². The summed E-state index contributed by atoms with van der Waals surface area (Å²) in [6.07, 6.45) is -4.34. The first kappa shape index (κ1) is 11.6. The van der Waals surface area contributed by atoms with Crippen molar-refractivity contribution in [3.8, 4) is 6.07 Å². The average Bonchev–Trinajstić information content (AvgIpc) is 2.13. The van der Waals surface area contributed by atoms with Gasteiger partial charge in [0.15, 0.2) is 0 Å². The van der Waals surface area contributed by atoms with E-state index in [1.165, 1.54) is 12.1 Å². The molecule has 0 saturated heterocycles. The van der Waals surface area contributed by atoms with Crippen molar-refractivity contribution in [2.75, 3.05) is 11.9 Å². The van der Waals surface area contributed by atoms with Gasteiger partial charge in [0.05, 0.1) is 0 Å². The summed E-state index contributed by atoms with van der Waals surface area (Å²) in [5.74, 6) is -0.0728. The number of rotatable bonds is 2. The molecule has 0 aliphatic carbocycles. The van der Waals surface area contributed by atoms with E-state index in [0.717, 1.165) is 0 Å². The summed E-state index contributed by atoms with van der Waals surface area (Å²) in [5, 5.41) is 10.7. The van der Waals surface area contributed by atoms with Gasteiger partial charge in [0, 0.05) is 5.02 Å². The van der Waals surface area contributed by atoms with E-state index in [0.29, 0.717) is 0 Å². The van der Waals surface area contributed by atoms with E-state index in [2.05, 4.69) is 4.98 Å². The van der Waals surface area contributed by atoms with E-state index < -0.39 is 12.7 Å². The maximum absolute atomic E-state index is 11.8. The molecular weight excluding hydrogens is 231 g/mol. The van der Waals surface area contributed by atoms with Crippen LogP contribution in [0.4, 0.5) is 19.0 Å². The molecule has 0 amide bonds. The first-order valence-corrected chi connectivity index (χ1v) is 4.17. The van der Waals surface area contributed by atoms with E-state index in [9.17, 15) is 13.2 Å². The topological polar surface area (TPSA) is 48.7 Å². The van der Waals surface area contributed by atoms with Crippen LogP contribution in [0.3, 0.4) is 0 Å². The van der Waals surface area contributed by atoms with Gasteiger partial charge >= 0.3 is 6.18 Å². The maximum atomic E-state index is 11.8. The van der Waals surface area contributed by atoms with Crippen molar-refractivity contribution >= 4 is 17.4 Å². The second-order valence-electron chi connectivity index (χ2n) is 2.64. The van der Waals surface area contributed by atoms with Crippen LogP contribution in [0.1, 0.15) is 5.69 Å². The molecular formula is C8H5ClF3N3. The van der Waals surface area contributed by atoms with Gasteiger partial charge in [0.25, 0.3) is 0 Å². The molecule has 0 radical (unpaired) electrons. The molecule has 0 unspecified atom stereocenters. The lowest BCUT2D eigenvalue weighted by Gasteiger charge is -2.08. The number of aromatic nitrogens is 1. The molecule has 15 heavy (non-hydrogen) atoms. The molecule has 1 heterocycles. The van der Waals surface area contributed by atoms with Gasteiger partial charge in [-0.05, 0) is 12.1 Å². The highest BCUT2D eigenvalue weighted by Crippen LogP contribution is 2.18. The Balaban J connectivity index is 2.78. The predicted molar refractivity (Wildman–Crippen MR) is 48.5 cm³/mol. The fourth-order valence-electron chi connectivity index (χ4n) is 0.836. The Morgan fingerprint density at radius 3 is 2.67 bits per heavy atom. The Morgan fingerprint density at radius 1 is 1.47 bits per heavy atom. The third-order valence-electron chi connectivity index (χ3n) is 1.37. The standard InChI is InChI=1S/C8H5ClF3N3/c9-5-1-6(3-13)15-7(2-5)14-4-8(10,11)12/h1-2H,4H2,(H,14,15). The van der Waals surface area contributed by atoms with Gasteiger partial charge in [-0.2, -0.15) is 18.4 Å². The summed E-state index contributed by atoms with van der Waals surface area (Å²) < 4.78 is 35.5. The molecule has 0 saturated carbocycles. The normalized spacial score (nSPS) is 10.9. The van der Waals surface area contributed by atoms with Gasteiger partial charge in [0.1, 0.15) is 24.1 Å². The number of hydrogen-bond donors (Lipinski definition) is 1. The van der Waals surface area contributed by atoms with Crippen LogP contribution >= 0.6 is 11.6 Å². The highest BCUT2D eigenvalue weighted by molar-refractivity contribution is 6.30. The van der Waals surface area contributed by atoms with Crippen molar-refractivity contribution in [2.45, 2.75) is 6.18 Å². The molecule has 0 aromatic carbocycles. The minimum atomic E-state index is -4.34. The van der Waals surface area contributed by atoms with Crippen LogP contribution in [0, 0.1) is 11.3 Å². The molecule has 1 aromatic heterocycles. The summed E-state index contributed by atoms with van der Waals surface area (Å²) in [4.78, 5) is 3.60. The number of nitrogens with zero attached hydrogens (tertiary/aromatic N) is 2. The quantitative estimate of drug-likeness (QED) is 0.857. The van der Waals surface area contributed by atoms with Crippen molar-refractivity contribution in [3.05, 3.63) is 22.8 Å². The number of nitrogens with one attached hydrogen (secondary N) is 1. The zero-order valence-corrected chi connectivity index (χ0v) is 8.02. The van der Waals surface area contributed by atoms with E-state index in [1.54, 1.807) is 6.07 Å².